The predicted octanol–water partition coefficient (Wildman–Crippen LogP) is 1.69. The summed E-state index contributed by atoms with van der Waals surface area (Å²) >= 11 is 0. The van der Waals surface area contributed by atoms with Crippen LogP contribution < -0.4 is 16.0 Å². The van der Waals surface area contributed by atoms with Gasteiger partial charge in [0, 0.05) is 11.4 Å². The van der Waals surface area contributed by atoms with Crippen molar-refractivity contribution in [2.24, 2.45) is 0 Å². The molecule has 0 aliphatic heterocycles. The lowest BCUT2D eigenvalue weighted by Gasteiger charge is -2.08. The van der Waals surface area contributed by atoms with Crippen LogP contribution in [0.2, 0.25) is 0 Å². The third-order valence-corrected chi connectivity index (χ3v) is 2.49. The number of amides is 2. The zero-order chi connectivity index (χ0) is 14.4. The minimum atomic E-state index is -0.339. The van der Waals surface area contributed by atoms with Crippen LogP contribution in [0.1, 0.15) is 10.6 Å². The molecule has 20 heavy (non-hydrogen) atoms. The van der Waals surface area contributed by atoms with Gasteiger partial charge in [-0.2, -0.15) is 0 Å². The molecule has 2 rings (SSSR count). The molecule has 0 spiro atoms. The maximum atomic E-state index is 11.8. The Bertz CT molecular complexity index is 593. The molecule has 0 unspecified atom stereocenters. The van der Waals surface area contributed by atoms with Crippen molar-refractivity contribution < 1.29 is 14.0 Å². The Kier molecular flexibility index (Phi) is 4.52. The van der Waals surface area contributed by atoms with Crippen molar-refractivity contribution in [3.05, 3.63) is 48.4 Å². The van der Waals surface area contributed by atoms with Gasteiger partial charge in [0.15, 0.2) is 5.76 Å². The first-order chi connectivity index (χ1) is 9.69. The first-order valence-corrected chi connectivity index (χ1v) is 6.08. The van der Waals surface area contributed by atoms with Crippen LogP contribution in [0.4, 0.5) is 11.4 Å². The second-order valence-electron chi connectivity index (χ2n) is 4.09. The van der Waals surface area contributed by atoms with Gasteiger partial charge in [-0.15, -0.1) is 0 Å². The SMILES string of the molecule is CNCC(=O)Nc1cccc(NC(=O)c2ccco2)c1. The van der Waals surface area contributed by atoms with Gasteiger partial charge < -0.3 is 20.4 Å². The highest BCUT2D eigenvalue weighted by molar-refractivity contribution is 6.02. The van der Waals surface area contributed by atoms with E-state index < -0.39 is 0 Å². The van der Waals surface area contributed by atoms with E-state index in [0.717, 1.165) is 0 Å². The number of likely N-dealkylation sites (N-methyl/N-ethyl adjacent to an activating group) is 1. The molecule has 0 bridgehead atoms. The summed E-state index contributed by atoms with van der Waals surface area (Å²) in [5.41, 5.74) is 1.19. The topological polar surface area (TPSA) is 83.4 Å². The number of anilines is 2. The van der Waals surface area contributed by atoms with Crippen LogP contribution in [0.3, 0.4) is 0 Å². The van der Waals surface area contributed by atoms with Crippen LogP contribution in [0, 0.1) is 0 Å². The summed E-state index contributed by atoms with van der Waals surface area (Å²) in [6.07, 6.45) is 1.43. The van der Waals surface area contributed by atoms with Gasteiger partial charge in [0.05, 0.1) is 12.8 Å². The van der Waals surface area contributed by atoms with Gasteiger partial charge in [-0.1, -0.05) is 6.07 Å². The van der Waals surface area contributed by atoms with Crippen molar-refractivity contribution in [2.75, 3.05) is 24.2 Å². The molecule has 6 heteroatoms. The van der Waals surface area contributed by atoms with Gasteiger partial charge in [0.1, 0.15) is 0 Å². The Balaban J connectivity index is 2.02. The molecule has 2 aromatic rings. The molecular weight excluding hydrogens is 258 g/mol. The maximum absolute atomic E-state index is 11.8. The highest BCUT2D eigenvalue weighted by atomic mass is 16.3. The molecule has 1 heterocycles. The fraction of sp³-hybridized carbons (Fsp3) is 0.143. The standard InChI is InChI=1S/C14H15N3O3/c1-15-9-13(18)16-10-4-2-5-11(8-10)17-14(19)12-6-3-7-20-12/h2-8,15H,9H2,1H3,(H,16,18)(H,17,19). The van der Waals surface area contributed by atoms with Crippen molar-refractivity contribution in [3.8, 4) is 0 Å². The van der Waals surface area contributed by atoms with E-state index in [4.69, 9.17) is 4.42 Å². The quantitative estimate of drug-likeness (QED) is 0.774. The van der Waals surface area contributed by atoms with Crippen LogP contribution in [-0.2, 0) is 4.79 Å². The third kappa shape index (κ3) is 3.69. The second kappa shape index (κ2) is 6.53. The summed E-state index contributed by atoms with van der Waals surface area (Å²) in [4.78, 5) is 23.3. The zero-order valence-electron chi connectivity index (χ0n) is 11.0. The summed E-state index contributed by atoms with van der Waals surface area (Å²) < 4.78 is 5.00. The number of carbonyl (C=O) groups excluding carboxylic acids is 2. The van der Waals surface area contributed by atoms with E-state index in [2.05, 4.69) is 16.0 Å². The van der Waals surface area contributed by atoms with E-state index in [1.807, 2.05) is 0 Å². The van der Waals surface area contributed by atoms with E-state index in [1.165, 1.54) is 6.26 Å². The van der Waals surface area contributed by atoms with Gasteiger partial charge in [-0.25, -0.2) is 0 Å². The minimum Gasteiger partial charge on any atom is -0.459 e. The zero-order valence-corrected chi connectivity index (χ0v) is 11.0. The molecule has 6 nitrogen and oxygen atoms in total. The second-order valence-corrected chi connectivity index (χ2v) is 4.09. The summed E-state index contributed by atoms with van der Waals surface area (Å²) in [6, 6.07) is 10.1. The Morgan fingerprint density at radius 2 is 1.85 bits per heavy atom. The number of hydrogen-bond acceptors (Lipinski definition) is 4. The van der Waals surface area contributed by atoms with Crippen LogP contribution in [0.5, 0.6) is 0 Å². The fourth-order valence-electron chi connectivity index (χ4n) is 1.64. The Morgan fingerprint density at radius 3 is 2.50 bits per heavy atom. The van der Waals surface area contributed by atoms with E-state index in [1.54, 1.807) is 43.4 Å². The number of furan rings is 1. The van der Waals surface area contributed by atoms with Gasteiger partial charge >= 0.3 is 0 Å². The lowest BCUT2D eigenvalue weighted by Crippen LogP contribution is -2.25. The Morgan fingerprint density at radius 1 is 1.10 bits per heavy atom. The van der Waals surface area contributed by atoms with Crippen molar-refractivity contribution in [3.63, 3.8) is 0 Å². The molecule has 0 radical (unpaired) electrons. The maximum Gasteiger partial charge on any atom is 0.291 e. The summed E-state index contributed by atoms with van der Waals surface area (Å²) in [5.74, 6) is -0.259. The van der Waals surface area contributed by atoms with Crippen molar-refractivity contribution in [1.82, 2.24) is 5.32 Å². The highest BCUT2D eigenvalue weighted by Crippen LogP contribution is 2.16. The fourth-order valence-corrected chi connectivity index (χ4v) is 1.64. The third-order valence-electron chi connectivity index (χ3n) is 2.49. The van der Waals surface area contributed by atoms with E-state index in [-0.39, 0.29) is 24.1 Å². The van der Waals surface area contributed by atoms with Gasteiger partial charge in [0.2, 0.25) is 5.91 Å². The van der Waals surface area contributed by atoms with Gasteiger partial charge in [-0.3, -0.25) is 9.59 Å². The molecule has 3 N–H and O–H groups in total. The summed E-state index contributed by atoms with van der Waals surface area (Å²) in [5, 5.41) is 8.16. The predicted molar refractivity (Wildman–Crippen MR) is 75.7 cm³/mol. The smallest absolute Gasteiger partial charge is 0.291 e. The molecule has 0 fully saturated rings. The average Bonchev–Trinajstić information content (AvgIpc) is 2.93. The van der Waals surface area contributed by atoms with Crippen molar-refractivity contribution in [2.45, 2.75) is 0 Å². The normalized spacial score (nSPS) is 10.1. The first-order valence-electron chi connectivity index (χ1n) is 6.08. The molecule has 0 atom stereocenters. The molecular formula is C14H15N3O3. The molecule has 104 valence electrons. The molecule has 0 saturated heterocycles. The monoisotopic (exact) mass is 273 g/mol. The largest absolute Gasteiger partial charge is 0.459 e. The molecule has 0 aliphatic rings. The van der Waals surface area contributed by atoms with Gasteiger partial charge in [0.25, 0.3) is 5.91 Å². The number of benzene rings is 1. The van der Waals surface area contributed by atoms with E-state index >= 15 is 0 Å². The molecule has 0 saturated carbocycles. The van der Waals surface area contributed by atoms with Crippen molar-refractivity contribution in [1.29, 1.82) is 0 Å². The number of rotatable bonds is 5. The van der Waals surface area contributed by atoms with Crippen molar-refractivity contribution >= 4 is 23.2 Å². The Hall–Kier alpha value is -2.60. The molecule has 2 amide bonds. The summed E-state index contributed by atoms with van der Waals surface area (Å²) in [6.45, 7) is 0.225. The van der Waals surface area contributed by atoms with Crippen LogP contribution in [-0.4, -0.2) is 25.4 Å². The first kappa shape index (κ1) is 13.8. The Labute approximate surface area is 116 Å². The number of hydrogen-bond donors (Lipinski definition) is 3. The molecule has 0 aliphatic carbocycles. The van der Waals surface area contributed by atoms with E-state index in [9.17, 15) is 9.59 Å². The lowest BCUT2D eigenvalue weighted by atomic mass is 10.2. The number of nitrogens with one attached hydrogen (secondary N) is 3. The molecule has 1 aromatic carbocycles. The highest BCUT2D eigenvalue weighted by Gasteiger charge is 2.09. The van der Waals surface area contributed by atoms with E-state index in [0.29, 0.717) is 11.4 Å². The molecule has 1 aromatic heterocycles. The summed E-state index contributed by atoms with van der Waals surface area (Å²) in [7, 11) is 1.69. The van der Waals surface area contributed by atoms with Crippen LogP contribution in [0.25, 0.3) is 0 Å². The number of carbonyl (C=O) groups is 2. The lowest BCUT2D eigenvalue weighted by molar-refractivity contribution is -0.115. The van der Waals surface area contributed by atoms with Gasteiger partial charge in [-0.05, 0) is 37.4 Å². The minimum absolute atomic E-state index is 0.151. The average molecular weight is 273 g/mol. The van der Waals surface area contributed by atoms with Crippen LogP contribution in [0.15, 0.2) is 47.1 Å². The van der Waals surface area contributed by atoms with Crippen LogP contribution >= 0.6 is 0 Å².